The summed E-state index contributed by atoms with van der Waals surface area (Å²) in [6, 6.07) is 1.54. The highest BCUT2D eigenvalue weighted by Gasteiger charge is 2.17. The Balaban J connectivity index is 1.66. The van der Waals surface area contributed by atoms with Crippen LogP contribution >= 0.6 is 0 Å². The molecule has 2 aliphatic rings. The number of nitrogens with one attached hydrogen (secondary N) is 1. The van der Waals surface area contributed by atoms with Crippen molar-refractivity contribution >= 4 is 0 Å². The molecule has 2 rings (SSSR count). The lowest BCUT2D eigenvalue weighted by Crippen LogP contribution is -2.38. The molecule has 1 saturated carbocycles. The van der Waals surface area contributed by atoms with Crippen LogP contribution in [0.15, 0.2) is 11.6 Å². The Morgan fingerprint density at radius 1 is 1.44 bits per heavy atom. The van der Waals surface area contributed by atoms with E-state index in [1.165, 1.54) is 51.7 Å². The van der Waals surface area contributed by atoms with Gasteiger partial charge in [-0.2, -0.15) is 0 Å². The van der Waals surface area contributed by atoms with Gasteiger partial charge in [-0.3, -0.25) is 4.90 Å². The van der Waals surface area contributed by atoms with Crippen molar-refractivity contribution in [2.45, 2.75) is 58.0 Å². The summed E-state index contributed by atoms with van der Waals surface area (Å²) in [6.45, 7) is 8.23. The van der Waals surface area contributed by atoms with Gasteiger partial charge in [0, 0.05) is 25.2 Å². The van der Waals surface area contributed by atoms with Crippen molar-refractivity contribution in [2.24, 2.45) is 0 Å². The molecule has 0 spiro atoms. The van der Waals surface area contributed by atoms with Crippen LogP contribution in [0.2, 0.25) is 0 Å². The number of rotatable bonds is 5. The molecule has 0 saturated heterocycles. The maximum absolute atomic E-state index is 3.65. The third-order valence-corrected chi connectivity index (χ3v) is 3.97. The van der Waals surface area contributed by atoms with Gasteiger partial charge in [-0.05, 0) is 46.1 Å². The molecule has 2 heteroatoms. The first-order valence-corrected chi connectivity index (χ1v) is 6.91. The fraction of sp³-hybridized carbons (Fsp3) is 0.857. The van der Waals surface area contributed by atoms with Crippen LogP contribution in [0.3, 0.4) is 0 Å². The summed E-state index contributed by atoms with van der Waals surface area (Å²) >= 11 is 0. The highest BCUT2D eigenvalue weighted by atomic mass is 15.1. The van der Waals surface area contributed by atoms with Gasteiger partial charge < -0.3 is 5.32 Å². The van der Waals surface area contributed by atoms with Gasteiger partial charge in [0.05, 0.1) is 0 Å². The fourth-order valence-corrected chi connectivity index (χ4v) is 2.51. The van der Waals surface area contributed by atoms with Gasteiger partial charge in [0.1, 0.15) is 0 Å². The van der Waals surface area contributed by atoms with Crippen LogP contribution in [0, 0.1) is 0 Å². The lowest BCUT2D eigenvalue weighted by Gasteiger charge is -2.31. The highest BCUT2D eigenvalue weighted by molar-refractivity contribution is 5.09. The minimum absolute atomic E-state index is 0.697. The molecule has 0 aromatic heterocycles. The summed E-state index contributed by atoms with van der Waals surface area (Å²) in [5.41, 5.74) is 1.65. The molecule has 0 aromatic rings. The molecule has 1 aliphatic carbocycles. The molecule has 1 aliphatic heterocycles. The van der Waals surface area contributed by atoms with Crippen molar-refractivity contribution in [3.63, 3.8) is 0 Å². The van der Waals surface area contributed by atoms with Gasteiger partial charge in [-0.1, -0.05) is 18.1 Å². The van der Waals surface area contributed by atoms with E-state index < -0.39 is 0 Å². The van der Waals surface area contributed by atoms with Gasteiger partial charge in [-0.15, -0.1) is 0 Å². The van der Waals surface area contributed by atoms with Crippen LogP contribution in [-0.2, 0) is 0 Å². The normalized spacial score (nSPS) is 23.3. The molecule has 1 heterocycles. The second-order valence-electron chi connectivity index (χ2n) is 5.55. The van der Waals surface area contributed by atoms with Crippen LogP contribution in [-0.4, -0.2) is 36.6 Å². The van der Waals surface area contributed by atoms with Gasteiger partial charge >= 0.3 is 0 Å². The second kappa shape index (κ2) is 5.83. The summed E-state index contributed by atoms with van der Waals surface area (Å²) in [7, 11) is 0. The third-order valence-electron chi connectivity index (χ3n) is 3.97. The molecular formula is C14H26N2. The Hall–Kier alpha value is -0.340. The first-order valence-electron chi connectivity index (χ1n) is 6.91. The van der Waals surface area contributed by atoms with Crippen molar-refractivity contribution in [3.05, 3.63) is 11.6 Å². The quantitative estimate of drug-likeness (QED) is 0.719. The molecule has 92 valence electrons. The monoisotopic (exact) mass is 222 g/mol. The van der Waals surface area contributed by atoms with E-state index in [2.05, 4.69) is 30.1 Å². The van der Waals surface area contributed by atoms with Crippen molar-refractivity contribution in [1.29, 1.82) is 0 Å². The Labute approximate surface area is 100 Å². The van der Waals surface area contributed by atoms with Crippen LogP contribution in [0.4, 0.5) is 0 Å². The first kappa shape index (κ1) is 12.1. The lowest BCUT2D eigenvalue weighted by atomic mass is 9.93. The summed E-state index contributed by atoms with van der Waals surface area (Å²) in [5, 5.41) is 3.65. The molecule has 0 radical (unpaired) electrons. The maximum Gasteiger partial charge on any atom is 0.0196 e. The zero-order valence-corrected chi connectivity index (χ0v) is 10.8. The summed E-state index contributed by atoms with van der Waals surface area (Å²) < 4.78 is 0. The second-order valence-corrected chi connectivity index (χ2v) is 5.55. The Bertz CT molecular complexity index is 241. The van der Waals surface area contributed by atoms with E-state index in [4.69, 9.17) is 0 Å². The minimum Gasteiger partial charge on any atom is -0.314 e. The van der Waals surface area contributed by atoms with E-state index in [1.54, 1.807) is 5.57 Å². The number of nitrogens with zero attached hydrogens (tertiary/aromatic N) is 1. The van der Waals surface area contributed by atoms with E-state index in [-0.39, 0.29) is 0 Å². The van der Waals surface area contributed by atoms with Crippen LogP contribution in [0.25, 0.3) is 0 Å². The predicted octanol–water partition coefficient (Wildman–Crippen LogP) is 2.56. The molecule has 2 nitrogen and oxygen atoms in total. The van der Waals surface area contributed by atoms with Crippen molar-refractivity contribution in [2.75, 3.05) is 19.6 Å². The van der Waals surface area contributed by atoms with E-state index in [0.717, 1.165) is 6.04 Å². The van der Waals surface area contributed by atoms with E-state index in [9.17, 15) is 0 Å². The van der Waals surface area contributed by atoms with Crippen molar-refractivity contribution < 1.29 is 0 Å². The van der Waals surface area contributed by atoms with E-state index in [0.29, 0.717) is 6.04 Å². The summed E-state index contributed by atoms with van der Waals surface area (Å²) in [6.07, 6.45) is 9.19. The molecular weight excluding hydrogens is 196 g/mol. The van der Waals surface area contributed by atoms with Crippen LogP contribution in [0.1, 0.15) is 46.0 Å². The fourth-order valence-electron chi connectivity index (χ4n) is 2.51. The highest BCUT2D eigenvalue weighted by Crippen LogP contribution is 2.19. The minimum atomic E-state index is 0.697. The average Bonchev–Trinajstić information content (AvgIpc) is 2.22. The molecule has 0 unspecified atom stereocenters. The Morgan fingerprint density at radius 2 is 2.25 bits per heavy atom. The zero-order valence-electron chi connectivity index (χ0n) is 10.8. The molecule has 0 atom stereocenters. The largest absolute Gasteiger partial charge is 0.314 e. The smallest absolute Gasteiger partial charge is 0.0196 e. The molecule has 0 amide bonds. The Kier molecular flexibility index (Phi) is 4.42. The van der Waals surface area contributed by atoms with E-state index in [1.807, 2.05) is 0 Å². The van der Waals surface area contributed by atoms with Crippen molar-refractivity contribution in [3.8, 4) is 0 Å². The average molecular weight is 222 g/mol. The van der Waals surface area contributed by atoms with Crippen molar-refractivity contribution in [1.82, 2.24) is 10.2 Å². The lowest BCUT2D eigenvalue weighted by molar-refractivity contribution is 0.232. The summed E-state index contributed by atoms with van der Waals surface area (Å²) in [4.78, 5) is 2.58. The molecule has 0 aromatic carbocycles. The van der Waals surface area contributed by atoms with Crippen LogP contribution < -0.4 is 5.32 Å². The zero-order chi connectivity index (χ0) is 11.4. The SMILES string of the molecule is CC(C)N1CCC=C(CCNC2CCC2)C1. The standard InChI is InChI=1S/C14H26N2/c1-12(2)16-10-4-5-13(11-16)8-9-15-14-6-3-7-14/h5,12,14-15H,3-4,6-11H2,1-2H3. The Morgan fingerprint density at radius 3 is 2.88 bits per heavy atom. The van der Waals surface area contributed by atoms with Gasteiger partial charge in [-0.25, -0.2) is 0 Å². The van der Waals surface area contributed by atoms with Gasteiger partial charge in [0.25, 0.3) is 0 Å². The topological polar surface area (TPSA) is 15.3 Å². The van der Waals surface area contributed by atoms with Crippen LogP contribution in [0.5, 0.6) is 0 Å². The maximum atomic E-state index is 3.65. The molecule has 16 heavy (non-hydrogen) atoms. The predicted molar refractivity (Wildman–Crippen MR) is 69.7 cm³/mol. The molecule has 1 fully saturated rings. The number of hydrogen-bond acceptors (Lipinski definition) is 2. The third kappa shape index (κ3) is 3.33. The molecule has 1 N–H and O–H groups in total. The first-order chi connectivity index (χ1) is 7.75. The summed E-state index contributed by atoms with van der Waals surface area (Å²) in [5.74, 6) is 0. The van der Waals surface area contributed by atoms with Gasteiger partial charge in [0.2, 0.25) is 0 Å². The molecule has 0 bridgehead atoms. The number of hydrogen-bond donors (Lipinski definition) is 1. The van der Waals surface area contributed by atoms with E-state index >= 15 is 0 Å². The van der Waals surface area contributed by atoms with Gasteiger partial charge in [0.15, 0.2) is 0 Å².